The van der Waals surface area contributed by atoms with Crippen molar-refractivity contribution < 1.29 is 0 Å². The molecule has 0 N–H and O–H groups in total. The van der Waals surface area contributed by atoms with Gasteiger partial charge in [-0.1, -0.05) is 255 Å². The Morgan fingerprint density at radius 3 is 0.457 bits per heavy atom. The van der Waals surface area contributed by atoms with Gasteiger partial charge < -0.3 is 0 Å². The van der Waals surface area contributed by atoms with Gasteiger partial charge in [-0.25, -0.2) is 0 Å². The maximum absolute atomic E-state index is 2.63. The molecule has 6 aromatic rings. The normalized spacial score (nSPS) is 29.5. The molecule has 6 aromatic carbocycles. The minimum Gasteiger partial charge on any atom is -0.0870 e. The Labute approximate surface area is 555 Å². The van der Waals surface area contributed by atoms with Crippen LogP contribution in [0.25, 0.3) is 72.9 Å². The highest BCUT2D eigenvalue weighted by molar-refractivity contribution is 5.77. The van der Waals surface area contributed by atoms with E-state index in [4.69, 9.17) is 0 Å². The van der Waals surface area contributed by atoms with Crippen molar-refractivity contribution in [1.82, 2.24) is 0 Å². The lowest BCUT2D eigenvalue weighted by atomic mass is 9.22. The summed E-state index contributed by atoms with van der Waals surface area (Å²) in [6.45, 7) is 26.7. The molecule has 8 aliphatic carbocycles. The van der Waals surface area contributed by atoms with Gasteiger partial charge in [-0.15, -0.1) is 0 Å². The van der Waals surface area contributed by atoms with Crippen LogP contribution in [-0.2, 0) is 32.5 Å². The van der Waals surface area contributed by atoms with Crippen molar-refractivity contribution in [2.45, 2.75) is 193 Å². The molecule has 8 aliphatic rings. The van der Waals surface area contributed by atoms with Crippen LogP contribution in [-0.4, -0.2) is 0 Å². The van der Waals surface area contributed by atoms with E-state index in [-0.39, 0.29) is 43.3 Å². The first kappa shape index (κ1) is 64.3. The third kappa shape index (κ3) is 10.3. The molecule has 0 heterocycles. The summed E-state index contributed by atoms with van der Waals surface area (Å²) in [6, 6.07) is 44.7. The van der Waals surface area contributed by atoms with Gasteiger partial charge in [0.2, 0.25) is 0 Å². The van der Waals surface area contributed by atoms with Crippen molar-refractivity contribution in [3.05, 3.63) is 282 Å². The van der Waals surface area contributed by atoms with Crippen LogP contribution in [0.2, 0.25) is 0 Å². The molecular weight excluding hydrogens is 1110 g/mol. The Balaban J connectivity index is 1.32. The predicted octanol–water partition coefficient (Wildman–Crippen LogP) is 25.7. The SMILES string of the molecule is CC=Cc1cccc(C23CC4(c5cccc(C=CC)c5C=CC)CC(c5cccc(C=CC)c5C=CC)(C2)CC(C25CC6(c7cccc(C=CC)c7C=CC)CC(c7cccc(C=CC)c7C=CC)(CC(c7cccc(C=CC)c7C=CC)(C6)C2)C5)(C3)C4)c1C=CC. The standard InChI is InChI=1S/C92H102/c1-13-31-67-43-25-49-79(73(67)37-19-7)85-55-86(80-50-26-44-68(32-14-2)74(80)38-20-8)57-87(56-85,81-51-27-45-69(33-15-3)75(81)39-21-9)63-91(61-85,62-86)92-64-88(82-52-28-46-70(34-16-4)76(82)40-22-10)58-89(65-92,83-53-29-47-71(35-17-5)77(83)41-23-11)60-90(59-88,66-92)84-54-30-48-72(36-18-6)78(84)42-24-12/h13-54H,55-66H2,1-12H3. The molecule has 0 spiro atoms. The van der Waals surface area contributed by atoms with Crippen molar-refractivity contribution in [3.8, 4) is 0 Å². The molecule has 0 amide bonds. The van der Waals surface area contributed by atoms with Crippen LogP contribution in [0.3, 0.4) is 0 Å². The third-order valence-corrected chi connectivity index (χ3v) is 23.6. The molecule has 8 bridgehead atoms. The first-order valence-electron chi connectivity index (χ1n) is 35.1. The van der Waals surface area contributed by atoms with E-state index in [0.717, 1.165) is 77.0 Å². The van der Waals surface area contributed by atoms with E-state index >= 15 is 0 Å². The Morgan fingerprint density at radius 1 is 0.185 bits per heavy atom. The van der Waals surface area contributed by atoms with Crippen LogP contribution in [0.4, 0.5) is 0 Å². The smallest absolute Gasteiger partial charge is 0.00184 e. The Bertz CT molecular complexity index is 3460. The monoisotopic (exact) mass is 1210 g/mol. The van der Waals surface area contributed by atoms with Crippen molar-refractivity contribution in [3.63, 3.8) is 0 Å². The van der Waals surface area contributed by atoms with E-state index < -0.39 is 0 Å². The molecule has 8 saturated carbocycles. The Kier molecular flexibility index (Phi) is 17.9. The summed E-state index contributed by atoms with van der Waals surface area (Å²) in [4.78, 5) is 0. The van der Waals surface area contributed by atoms with Crippen LogP contribution in [0, 0.1) is 10.8 Å². The number of hydrogen-bond acceptors (Lipinski definition) is 0. The molecule has 0 atom stereocenters. The minimum absolute atomic E-state index is 0.159. The molecular formula is C92H102. The molecule has 0 aromatic heterocycles. The fourth-order valence-corrected chi connectivity index (χ4v) is 22.5. The van der Waals surface area contributed by atoms with Crippen LogP contribution in [0.15, 0.2) is 182 Å². The second-order valence-corrected chi connectivity index (χ2v) is 29.2. The van der Waals surface area contributed by atoms with Gasteiger partial charge in [-0.3, -0.25) is 0 Å². The zero-order valence-corrected chi connectivity index (χ0v) is 57.7. The maximum Gasteiger partial charge on any atom is -0.00184 e. The zero-order valence-electron chi connectivity index (χ0n) is 57.7. The van der Waals surface area contributed by atoms with Gasteiger partial charge in [0.05, 0.1) is 0 Å². The van der Waals surface area contributed by atoms with E-state index in [0.29, 0.717) is 0 Å². The molecule has 0 aliphatic heterocycles. The average molecular weight is 1210 g/mol. The van der Waals surface area contributed by atoms with E-state index in [1.165, 1.54) is 66.8 Å². The molecule has 470 valence electrons. The molecule has 92 heavy (non-hydrogen) atoms. The van der Waals surface area contributed by atoms with Gasteiger partial charge in [0.1, 0.15) is 0 Å². The lowest BCUT2D eigenvalue weighted by molar-refractivity contribution is -0.237. The number of rotatable bonds is 19. The summed E-state index contributed by atoms with van der Waals surface area (Å²) in [5.41, 5.74) is 24.1. The highest BCUT2D eigenvalue weighted by Gasteiger charge is 2.80. The van der Waals surface area contributed by atoms with E-state index in [1.54, 1.807) is 33.4 Å². The number of allylic oxidation sites excluding steroid dienone is 12. The second kappa shape index (κ2) is 25.6. The molecule has 0 heteroatoms. The van der Waals surface area contributed by atoms with Crippen LogP contribution >= 0.6 is 0 Å². The summed E-state index contributed by atoms with van der Waals surface area (Å²) in [5, 5.41) is 0. The van der Waals surface area contributed by atoms with E-state index in [2.05, 4.69) is 338 Å². The lowest BCUT2D eigenvalue weighted by Crippen LogP contribution is -2.75. The van der Waals surface area contributed by atoms with E-state index in [9.17, 15) is 0 Å². The first-order chi connectivity index (χ1) is 44.8. The number of benzene rings is 6. The largest absolute Gasteiger partial charge is 0.0870 e. The fraction of sp³-hybridized carbons (Fsp3) is 0.348. The van der Waals surface area contributed by atoms with Crippen LogP contribution in [0.5, 0.6) is 0 Å². The van der Waals surface area contributed by atoms with Gasteiger partial charge in [-0.05, 0) is 304 Å². The summed E-state index contributed by atoms with van der Waals surface area (Å²) in [6.07, 6.45) is 70.5. The molecule has 0 radical (unpaired) electrons. The lowest BCUT2D eigenvalue weighted by Gasteiger charge is -2.81. The predicted molar refractivity (Wildman–Crippen MR) is 405 cm³/mol. The summed E-state index contributed by atoms with van der Waals surface area (Å²) in [5.74, 6) is 0. The van der Waals surface area contributed by atoms with Gasteiger partial charge in [0.15, 0.2) is 0 Å². The second-order valence-electron chi connectivity index (χ2n) is 29.2. The zero-order chi connectivity index (χ0) is 64.6. The molecule has 8 fully saturated rings. The molecule has 0 nitrogen and oxygen atoms in total. The summed E-state index contributed by atoms with van der Waals surface area (Å²) < 4.78 is 0. The van der Waals surface area contributed by atoms with Gasteiger partial charge in [-0.2, -0.15) is 0 Å². The van der Waals surface area contributed by atoms with E-state index in [1.807, 2.05) is 0 Å². The van der Waals surface area contributed by atoms with Crippen molar-refractivity contribution in [1.29, 1.82) is 0 Å². The summed E-state index contributed by atoms with van der Waals surface area (Å²) >= 11 is 0. The molecule has 14 rings (SSSR count). The van der Waals surface area contributed by atoms with Crippen molar-refractivity contribution in [2.24, 2.45) is 10.8 Å². The van der Waals surface area contributed by atoms with Crippen LogP contribution < -0.4 is 0 Å². The Morgan fingerprint density at radius 2 is 0.326 bits per heavy atom. The highest BCUT2D eigenvalue weighted by Crippen LogP contribution is 2.86. The average Bonchev–Trinajstić information content (AvgIpc) is 0.639. The minimum atomic E-state index is -0.211. The quantitative estimate of drug-likeness (QED) is 0.0758. The van der Waals surface area contributed by atoms with Gasteiger partial charge in [0, 0.05) is 0 Å². The first-order valence-corrected chi connectivity index (χ1v) is 35.1. The van der Waals surface area contributed by atoms with Crippen molar-refractivity contribution >= 4 is 72.9 Å². The molecule has 0 unspecified atom stereocenters. The van der Waals surface area contributed by atoms with Gasteiger partial charge >= 0.3 is 0 Å². The van der Waals surface area contributed by atoms with Crippen LogP contribution in [0.1, 0.15) is 260 Å². The Hall–Kier alpha value is -7.80. The highest BCUT2D eigenvalue weighted by atomic mass is 14.8. The molecule has 0 saturated heterocycles. The third-order valence-electron chi connectivity index (χ3n) is 23.6. The summed E-state index contributed by atoms with van der Waals surface area (Å²) in [7, 11) is 0. The number of hydrogen-bond donors (Lipinski definition) is 0. The van der Waals surface area contributed by atoms with Crippen molar-refractivity contribution in [2.75, 3.05) is 0 Å². The topological polar surface area (TPSA) is 0 Å². The van der Waals surface area contributed by atoms with Gasteiger partial charge in [0.25, 0.3) is 0 Å². The fourth-order valence-electron chi connectivity index (χ4n) is 22.5. The maximum atomic E-state index is 2.63.